The average molecular weight is 1440 g/mol. The number of aliphatic hydroxyl groups is 1. The largest absolute Gasteiger partial charge is 0.472 e. The van der Waals surface area contributed by atoms with Gasteiger partial charge in [-0.05, 0) is 154 Å². The van der Waals surface area contributed by atoms with Gasteiger partial charge in [0, 0.05) is 19.3 Å². The summed E-state index contributed by atoms with van der Waals surface area (Å²) in [5.74, 6) is -2.42. The average Bonchev–Trinajstić information content (AvgIpc) is 1.01. The zero-order chi connectivity index (χ0) is 73.2. The Kier molecular flexibility index (Phi) is 67.8. The van der Waals surface area contributed by atoms with Crippen molar-refractivity contribution >= 4 is 39.5 Å². The normalized spacial score (nSPS) is 14.9. The molecule has 5 atom stereocenters. The molecule has 566 valence electrons. The van der Waals surface area contributed by atoms with Crippen molar-refractivity contribution in [2.45, 2.75) is 277 Å². The molecule has 0 aliphatic heterocycles. The Bertz CT molecular complexity index is 2570. The first kappa shape index (κ1) is 94.4. The highest BCUT2D eigenvalue weighted by molar-refractivity contribution is 7.47. The van der Waals surface area contributed by atoms with Crippen LogP contribution in [0.5, 0.6) is 0 Å². The number of ether oxygens (including phenoxy) is 4. The van der Waals surface area contributed by atoms with Crippen LogP contribution in [0.1, 0.15) is 259 Å². The zero-order valence-electron chi connectivity index (χ0n) is 61.5. The molecule has 0 radical (unpaired) electrons. The van der Waals surface area contributed by atoms with Gasteiger partial charge in [-0.15, -0.1) is 0 Å². The Morgan fingerprint density at radius 1 is 0.300 bits per heavy atom. The maximum absolute atomic E-state index is 13.1. The Hall–Kier alpha value is -5.58. The van der Waals surface area contributed by atoms with Crippen molar-refractivity contribution in [1.82, 2.24) is 0 Å². The van der Waals surface area contributed by atoms with E-state index in [1.807, 2.05) is 18.2 Å². The molecule has 0 aromatic rings. The fraction of sp³-hybridized carbons (Fsp3) is 0.605. The van der Waals surface area contributed by atoms with Crippen LogP contribution in [0.3, 0.4) is 0 Å². The van der Waals surface area contributed by atoms with E-state index in [0.29, 0.717) is 25.7 Å². The van der Waals surface area contributed by atoms with Gasteiger partial charge in [0.15, 0.2) is 12.2 Å². The van der Waals surface area contributed by atoms with Crippen molar-refractivity contribution in [3.63, 3.8) is 0 Å². The number of hydrogen-bond donors (Lipinski definition) is 3. The van der Waals surface area contributed by atoms with E-state index in [-0.39, 0.29) is 25.7 Å². The van der Waals surface area contributed by atoms with Gasteiger partial charge in [-0.25, -0.2) is 9.13 Å². The van der Waals surface area contributed by atoms with E-state index in [1.54, 1.807) is 6.08 Å². The van der Waals surface area contributed by atoms with Gasteiger partial charge >= 0.3 is 39.5 Å². The van der Waals surface area contributed by atoms with E-state index in [9.17, 15) is 43.2 Å². The molecule has 5 unspecified atom stereocenters. The Morgan fingerprint density at radius 3 is 0.910 bits per heavy atom. The first-order valence-corrected chi connectivity index (χ1v) is 40.4. The summed E-state index contributed by atoms with van der Waals surface area (Å²) in [7, 11) is -10.0. The monoisotopic (exact) mass is 1440 g/mol. The van der Waals surface area contributed by atoms with Crippen LogP contribution in [0.25, 0.3) is 0 Å². The van der Waals surface area contributed by atoms with Crippen molar-refractivity contribution < 1.29 is 80.2 Å². The molecule has 0 amide bonds. The van der Waals surface area contributed by atoms with Gasteiger partial charge in [-0.1, -0.05) is 249 Å². The minimum Gasteiger partial charge on any atom is -0.462 e. The number of allylic oxidation sites excluding steroid dienone is 27. The first-order valence-electron chi connectivity index (χ1n) is 37.4. The summed E-state index contributed by atoms with van der Waals surface area (Å²) in [6, 6.07) is 0. The van der Waals surface area contributed by atoms with E-state index < -0.39 is 97.5 Å². The van der Waals surface area contributed by atoms with E-state index in [2.05, 4.69) is 174 Å². The second kappa shape index (κ2) is 71.8. The molecule has 3 N–H and O–H groups in total. The molecule has 0 aromatic heterocycles. The predicted octanol–water partition coefficient (Wildman–Crippen LogP) is 21.4. The minimum atomic E-state index is -5.01. The number of phosphoric ester groups is 2. The van der Waals surface area contributed by atoms with E-state index in [0.717, 1.165) is 161 Å². The van der Waals surface area contributed by atoms with Crippen LogP contribution in [0.2, 0.25) is 0 Å². The third kappa shape index (κ3) is 70.8. The van der Waals surface area contributed by atoms with E-state index in [1.165, 1.54) is 19.3 Å². The third-order valence-electron chi connectivity index (χ3n) is 14.7. The van der Waals surface area contributed by atoms with E-state index in [4.69, 9.17) is 37.0 Å². The van der Waals surface area contributed by atoms with Gasteiger partial charge in [0.05, 0.1) is 32.8 Å². The zero-order valence-corrected chi connectivity index (χ0v) is 63.3. The fourth-order valence-electron chi connectivity index (χ4n) is 9.09. The summed E-state index contributed by atoms with van der Waals surface area (Å²) in [6.45, 7) is 4.27. The third-order valence-corrected chi connectivity index (χ3v) is 16.6. The van der Waals surface area contributed by atoms with Crippen LogP contribution in [0.4, 0.5) is 0 Å². The number of carbonyl (C=O) groups is 4. The van der Waals surface area contributed by atoms with Crippen LogP contribution in [0.15, 0.2) is 170 Å². The molecule has 0 heterocycles. The van der Waals surface area contributed by atoms with Gasteiger partial charge in [-0.2, -0.15) is 0 Å². The molecule has 17 nitrogen and oxygen atoms in total. The lowest BCUT2D eigenvalue weighted by molar-refractivity contribution is -0.161. The lowest BCUT2D eigenvalue weighted by Crippen LogP contribution is -2.30. The number of hydrogen-bond acceptors (Lipinski definition) is 15. The molecule has 0 rings (SSSR count). The molecule has 0 saturated heterocycles. The minimum absolute atomic E-state index is 0.0485. The molecule has 0 saturated carbocycles. The number of phosphoric acid groups is 2. The molecule has 100 heavy (non-hydrogen) atoms. The molecule has 19 heteroatoms. The predicted molar refractivity (Wildman–Crippen MR) is 408 cm³/mol. The maximum atomic E-state index is 13.1. The van der Waals surface area contributed by atoms with Crippen molar-refractivity contribution in [1.29, 1.82) is 0 Å². The van der Waals surface area contributed by atoms with Gasteiger partial charge in [0.1, 0.15) is 19.3 Å². The van der Waals surface area contributed by atoms with Crippen LogP contribution in [-0.4, -0.2) is 96.7 Å². The molecule has 0 bridgehead atoms. The molecule has 0 aliphatic carbocycles. The first-order chi connectivity index (χ1) is 48.7. The number of aliphatic hydroxyl groups excluding tert-OH is 1. The standard InChI is InChI=1S/C81H130O17P2/c1-5-9-13-17-21-25-29-33-37-41-45-49-53-57-61-65-78(83)91-71-76(97-80(85)67-63-59-55-51-47-43-39-35-31-27-23-19-15-11-7-3)73-95-99(87,88)93-69-75(82)70-94-100(89,90)96-74-77(98-81(86)68-64-60-56-52-48-44-40-36-32-28-24-20-16-12-8-4)72-92-79(84)66-62-58-54-50-46-42-38-34-30-26-22-18-14-10-6-2/h9-11,13-15,21-28,33-40,45-46,49-50,57,61,75-77,82H,5-8,12,16-20,29-32,41-44,47-48,51-56,58-60,62-74H2,1-4H3,(H,87,88)(H,89,90)/b13-9-,14-10-,15-11-,25-21-,26-22-,27-23-,28-24-,37-33-,38-34-,39-35-,40-36-,49-45-,50-46-,61-57-. The highest BCUT2D eigenvalue weighted by Gasteiger charge is 2.30. The Balaban J connectivity index is 5.50. The SMILES string of the molecule is CC/C=C\C/C=C\C/C=C\C/C=C\C/C=C\CC(=O)OCC(COP(=O)(O)OCC(O)COP(=O)(O)OCC(COC(=O)CCCC/C=C\C/C=C\C/C=C\C/C=C\CC)OC(=O)CCCCCCC/C=C\C/C=C\CCCCC)OC(=O)CCCCCCC/C=C\C/C=C\C/C=C\CC. The summed E-state index contributed by atoms with van der Waals surface area (Å²) in [4.78, 5) is 72.8. The Morgan fingerprint density at radius 2 is 0.560 bits per heavy atom. The summed E-state index contributed by atoms with van der Waals surface area (Å²) in [5, 5.41) is 10.6. The van der Waals surface area contributed by atoms with Crippen LogP contribution in [-0.2, 0) is 65.4 Å². The molecule has 0 aliphatic rings. The summed E-state index contributed by atoms with van der Waals surface area (Å²) >= 11 is 0. The van der Waals surface area contributed by atoms with Crippen LogP contribution >= 0.6 is 15.6 Å². The smallest absolute Gasteiger partial charge is 0.462 e. The van der Waals surface area contributed by atoms with E-state index >= 15 is 0 Å². The summed E-state index contributed by atoms with van der Waals surface area (Å²) in [6.07, 6.45) is 83.8. The van der Waals surface area contributed by atoms with Gasteiger partial charge in [-0.3, -0.25) is 37.3 Å². The number of unbranched alkanes of at least 4 members (excludes halogenated alkanes) is 15. The topological polar surface area (TPSA) is 237 Å². The number of esters is 4. The maximum Gasteiger partial charge on any atom is 0.472 e. The fourth-order valence-corrected chi connectivity index (χ4v) is 10.7. The Labute approximate surface area is 603 Å². The van der Waals surface area contributed by atoms with Gasteiger partial charge in [0.2, 0.25) is 0 Å². The summed E-state index contributed by atoms with van der Waals surface area (Å²) in [5.41, 5.74) is 0. The lowest BCUT2D eigenvalue weighted by atomic mass is 10.1. The van der Waals surface area contributed by atoms with Crippen LogP contribution in [0, 0.1) is 0 Å². The molecule has 0 aromatic carbocycles. The molecule has 0 spiro atoms. The quantitative estimate of drug-likeness (QED) is 0.0169. The van der Waals surface area contributed by atoms with Crippen molar-refractivity contribution in [3.05, 3.63) is 170 Å². The lowest BCUT2D eigenvalue weighted by Gasteiger charge is -2.21. The van der Waals surface area contributed by atoms with Crippen molar-refractivity contribution in [2.24, 2.45) is 0 Å². The highest BCUT2D eigenvalue weighted by Crippen LogP contribution is 2.45. The van der Waals surface area contributed by atoms with Crippen molar-refractivity contribution in [3.8, 4) is 0 Å². The second-order valence-electron chi connectivity index (χ2n) is 24.1. The molecular weight excluding hydrogens is 1310 g/mol. The van der Waals surface area contributed by atoms with Crippen molar-refractivity contribution in [2.75, 3.05) is 39.6 Å². The van der Waals surface area contributed by atoms with Gasteiger partial charge in [0.25, 0.3) is 0 Å². The highest BCUT2D eigenvalue weighted by atomic mass is 31.2. The molecule has 0 fully saturated rings. The molecular formula is C81H130O17P2. The summed E-state index contributed by atoms with van der Waals surface area (Å²) < 4.78 is 68.2. The number of rotatable bonds is 68. The van der Waals surface area contributed by atoms with Crippen LogP contribution < -0.4 is 0 Å². The second-order valence-corrected chi connectivity index (χ2v) is 27.0. The van der Waals surface area contributed by atoms with Gasteiger partial charge < -0.3 is 33.8 Å². The number of carbonyl (C=O) groups excluding carboxylic acids is 4.